The average molecular weight is 224 g/mol. The van der Waals surface area contributed by atoms with Crippen LogP contribution in [0.25, 0.3) is 0 Å². The monoisotopic (exact) mass is 224 g/mol. The van der Waals surface area contributed by atoms with Crippen molar-refractivity contribution in [2.45, 2.75) is 45.6 Å². The Balaban J connectivity index is 1.91. The van der Waals surface area contributed by atoms with Crippen LogP contribution in [0, 0.1) is 11.8 Å². The van der Waals surface area contributed by atoms with Gasteiger partial charge in [-0.05, 0) is 38.6 Å². The maximum absolute atomic E-state index is 12.4. The third kappa shape index (κ3) is 2.40. The molecule has 0 saturated carbocycles. The number of likely N-dealkylation sites (tertiary alicyclic amines) is 1. The Kier molecular flexibility index (Phi) is 3.85. The topological polar surface area (TPSA) is 32.3 Å². The van der Waals surface area contributed by atoms with Crippen molar-refractivity contribution in [3.63, 3.8) is 0 Å². The predicted octanol–water partition coefficient (Wildman–Crippen LogP) is 1.63. The van der Waals surface area contributed by atoms with Crippen molar-refractivity contribution in [2.75, 3.05) is 19.6 Å². The summed E-state index contributed by atoms with van der Waals surface area (Å²) in [6, 6.07) is 0.363. The molecule has 0 spiro atoms. The van der Waals surface area contributed by atoms with Crippen LogP contribution in [0.5, 0.6) is 0 Å². The van der Waals surface area contributed by atoms with Crippen molar-refractivity contribution < 1.29 is 4.79 Å². The Bertz CT molecular complexity index is 254. The highest BCUT2D eigenvalue weighted by atomic mass is 16.2. The van der Waals surface area contributed by atoms with Crippen LogP contribution < -0.4 is 5.32 Å². The Morgan fingerprint density at radius 3 is 2.88 bits per heavy atom. The maximum atomic E-state index is 12.4. The van der Waals surface area contributed by atoms with E-state index in [2.05, 4.69) is 24.1 Å². The summed E-state index contributed by atoms with van der Waals surface area (Å²) < 4.78 is 0. The fourth-order valence-corrected chi connectivity index (χ4v) is 2.98. The molecule has 1 amide bonds. The number of amides is 1. The number of carbonyl (C=O) groups is 1. The molecule has 16 heavy (non-hydrogen) atoms. The van der Waals surface area contributed by atoms with E-state index in [1.807, 2.05) is 0 Å². The van der Waals surface area contributed by atoms with Gasteiger partial charge in [-0.2, -0.15) is 0 Å². The summed E-state index contributed by atoms with van der Waals surface area (Å²) in [5.41, 5.74) is 0. The molecular weight excluding hydrogens is 200 g/mol. The number of piperidine rings is 1. The lowest BCUT2D eigenvalue weighted by molar-refractivity contribution is -0.136. The number of rotatable bonds is 2. The highest BCUT2D eigenvalue weighted by Gasteiger charge is 2.33. The van der Waals surface area contributed by atoms with E-state index in [-0.39, 0.29) is 5.92 Å². The Labute approximate surface area is 98.6 Å². The summed E-state index contributed by atoms with van der Waals surface area (Å²) in [6.45, 7) is 7.43. The van der Waals surface area contributed by atoms with Gasteiger partial charge in [-0.15, -0.1) is 0 Å². The van der Waals surface area contributed by atoms with Crippen molar-refractivity contribution >= 4 is 5.91 Å². The van der Waals surface area contributed by atoms with Crippen molar-refractivity contribution in [1.29, 1.82) is 0 Å². The highest BCUT2D eigenvalue weighted by Crippen LogP contribution is 2.25. The molecule has 2 aliphatic rings. The number of hydrogen-bond acceptors (Lipinski definition) is 2. The van der Waals surface area contributed by atoms with Gasteiger partial charge in [0.1, 0.15) is 0 Å². The Morgan fingerprint density at radius 1 is 1.44 bits per heavy atom. The molecule has 0 aromatic rings. The minimum atomic E-state index is 0.226. The second kappa shape index (κ2) is 5.17. The summed E-state index contributed by atoms with van der Waals surface area (Å²) in [4.78, 5) is 14.5. The second-order valence-electron chi connectivity index (χ2n) is 5.34. The van der Waals surface area contributed by atoms with Gasteiger partial charge >= 0.3 is 0 Å². The predicted molar refractivity (Wildman–Crippen MR) is 65.2 cm³/mol. The van der Waals surface area contributed by atoms with Crippen molar-refractivity contribution in [3.8, 4) is 0 Å². The Morgan fingerprint density at radius 2 is 2.25 bits per heavy atom. The van der Waals surface area contributed by atoms with Crippen LogP contribution >= 0.6 is 0 Å². The van der Waals surface area contributed by atoms with Crippen LogP contribution in [0.3, 0.4) is 0 Å². The first kappa shape index (κ1) is 11.9. The quantitative estimate of drug-likeness (QED) is 0.773. The molecule has 0 aromatic carbocycles. The van der Waals surface area contributed by atoms with Crippen LogP contribution in [-0.4, -0.2) is 36.5 Å². The first-order valence-corrected chi connectivity index (χ1v) is 6.74. The summed E-state index contributed by atoms with van der Waals surface area (Å²) in [7, 11) is 0. The standard InChI is InChI=1S/C13H24N2O/c1-3-11-6-8-15(9-11)13(16)12-5-4-7-14-10(12)2/h10-12,14H,3-9H2,1-2H3. The molecule has 3 atom stereocenters. The molecule has 2 fully saturated rings. The molecule has 0 aliphatic carbocycles. The van der Waals surface area contributed by atoms with Gasteiger partial charge in [0.25, 0.3) is 0 Å². The van der Waals surface area contributed by atoms with Crippen molar-refractivity contribution in [2.24, 2.45) is 11.8 Å². The van der Waals surface area contributed by atoms with Crippen LogP contribution in [0.4, 0.5) is 0 Å². The Hall–Kier alpha value is -0.570. The van der Waals surface area contributed by atoms with Gasteiger partial charge in [0, 0.05) is 19.1 Å². The lowest BCUT2D eigenvalue weighted by atomic mass is 9.91. The second-order valence-corrected chi connectivity index (χ2v) is 5.34. The lowest BCUT2D eigenvalue weighted by Crippen LogP contribution is -2.47. The van der Waals surface area contributed by atoms with E-state index in [4.69, 9.17) is 0 Å². The lowest BCUT2D eigenvalue weighted by Gasteiger charge is -2.32. The first-order chi connectivity index (χ1) is 7.72. The van der Waals surface area contributed by atoms with Gasteiger partial charge < -0.3 is 10.2 Å². The van der Waals surface area contributed by atoms with E-state index in [9.17, 15) is 4.79 Å². The largest absolute Gasteiger partial charge is 0.342 e. The van der Waals surface area contributed by atoms with Gasteiger partial charge in [0.05, 0.1) is 5.92 Å². The molecule has 92 valence electrons. The zero-order valence-electron chi connectivity index (χ0n) is 10.5. The van der Waals surface area contributed by atoms with Crippen LogP contribution in [0.15, 0.2) is 0 Å². The molecular formula is C13H24N2O. The molecule has 1 N–H and O–H groups in total. The normalized spacial score (nSPS) is 35.4. The van der Waals surface area contributed by atoms with E-state index in [0.29, 0.717) is 11.9 Å². The maximum Gasteiger partial charge on any atom is 0.227 e. The van der Waals surface area contributed by atoms with E-state index >= 15 is 0 Å². The smallest absolute Gasteiger partial charge is 0.227 e. The van der Waals surface area contributed by atoms with E-state index in [0.717, 1.165) is 38.4 Å². The van der Waals surface area contributed by atoms with Gasteiger partial charge in [-0.1, -0.05) is 13.3 Å². The highest BCUT2D eigenvalue weighted by molar-refractivity contribution is 5.80. The molecule has 2 heterocycles. The van der Waals surface area contributed by atoms with Gasteiger partial charge in [-0.3, -0.25) is 4.79 Å². The number of nitrogens with zero attached hydrogens (tertiary/aromatic N) is 1. The molecule has 2 rings (SSSR count). The molecule has 3 heteroatoms. The SMILES string of the molecule is CCC1CCN(C(=O)C2CCCNC2C)C1. The average Bonchev–Trinajstić information content (AvgIpc) is 2.77. The fourth-order valence-electron chi connectivity index (χ4n) is 2.98. The van der Waals surface area contributed by atoms with Crippen LogP contribution in [-0.2, 0) is 4.79 Å². The third-order valence-electron chi connectivity index (χ3n) is 4.25. The van der Waals surface area contributed by atoms with E-state index in [1.54, 1.807) is 0 Å². The summed E-state index contributed by atoms with van der Waals surface area (Å²) in [5.74, 6) is 1.37. The zero-order chi connectivity index (χ0) is 11.5. The number of carbonyl (C=O) groups excluding carboxylic acids is 1. The molecule has 0 aromatic heterocycles. The van der Waals surface area contributed by atoms with E-state index in [1.165, 1.54) is 12.8 Å². The van der Waals surface area contributed by atoms with Gasteiger partial charge in [-0.25, -0.2) is 0 Å². The minimum Gasteiger partial charge on any atom is -0.342 e. The molecule has 0 bridgehead atoms. The third-order valence-corrected chi connectivity index (χ3v) is 4.25. The molecule has 2 saturated heterocycles. The summed E-state index contributed by atoms with van der Waals surface area (Å²) in [5, 5.41) is 3.41. The summed E-state index contributed by atoms with van der Waals surface area (Å²) in [6.07, 6.45) is 4.63. The zero-order valence-corrected chi connectivity index (χ0v) is 10.5. The van der Waals surface area contributed by atoms with Crippen molar-refractivity contribution in [3.05, 3.63) is 0 Å². The molecule has 3 nitrogen and oxygen atoms in total. The van der Waals surface area contributed by atoms with Crippen molar-refractivity contribution in [1.82, 2.24) is 10.2 Å². The fraction of sp³-hybridized carbons (Fsp3) is 0.923. The van der Waals surface area contributed by atoms with E-state index < -0.39 is 0 Å². The van der Waals surface area contributed by atoms with Crippen LogP contribution in [0.1, 0.15) is 39.5 Å². The number of nitrogens with one attached hydrogen (secondary N) is 1. The van der Waals surface area contributed by atoms with Gasteiger partial charge in [0.2, 0.25) is 5.91 Å². The van der Waals surface area contributed by atoms with Crippen LogP contribution in [0.2, 0.25) is 0 Å². The first-order valence-electron chi connectivity index (χ1n) is 6.74. The summed E-state index contributed by atoms with van der Waals surface area (Å²) >= 11 is 0. The minimum absolute atomic E-state index is 0.226. The molecule has 3 unspecified atom stereocenters. The number of hydrogen-bond donors (Lipinski definition) is 1. The molecule has 0 radical (unpaired) electrons. The van der Waals surface area contributed by atoms with Gasteiger partial charge in [0.15, 0.2) is 0 Å². The molecule has 2 aliphatic heterocycles.